The highest BCUT2D eigenvalue weighted by atomic mass is 79.9. The highest BCUT2D eigenvalue weighted by molar-refractivity contribution is 9.10. The number of aliphatic hydroxyl groups is 1. The number of hydrogen-bond donors (Lipinski definition) is 1. The minimum absolute atomic E-state index is 0.468. The third-order valence-electron chi connectivity index (χ3n) is 2.48. The zero-order valence-electron chi connectivity index (χ0n) is 9.28. The first-order valence-corrected chi connectivity index (χ1v) is 7.23. The van der Waals surface area contributed by atoms with Gasteiger partial charge in [-0.15, -0.1) is 11.3 Å². The van der Waals surface area contributed by atoms with E-state index in [4.69, 9.17) is 11.6 Å². The molecular formula is C13H12BrClOS. The summed E-state index contributed by atoms with van der Waals surface area (Å²) in [6.07, 6.45) is 0.139. The lowest BCUT2D eigenvalue weighted by atomic mass is 10.1. The molecule has 2 aromatic rings. The molecule has 90 valence electrons. The fourth-order valence-electron chi connectivity index (χ4n) is 1.66. The quantitative estimate of drug-likeness (QED) is 0.860. The number of hydrogen-bond acceptors (Lipinski definition) is 2. The van der Waals surface area contributed by atoms with Crippen LogP contribution in [0.3, 0.4) is 0 Å². The van der Waals surface area contributed by atoms with E-state index in [1.165, 1.54) is 4.88 Å². The van der Waals surface area contributed by atoms with E-state index in [0.29, 0.717) is 6.42 Å². The zero-order chi connectivity index (χ0) is 12.4. The molecule has 0 amide bonds. The van der Waals surface area contributed by atoms with Crippen molar-refractivity contribution in [3.05, 3.63) is 55.1 Å². The molecule has 0 bridgehead atoms. The number of halogens is 2. The van der Waals surface area contributed by atoms with Crippen molar-refractivity contribution in [2.75, 3.05) is 0 Å². The zero-order valence-corrected chi connectivity index (χ0v) is 12.4. The third-order valence-corrected chi connectivity index (χ3v) is 4.80. The van der Waals surface area contributed by atoms with Crippen LogP contribution in [0.15, 0.2) is 34.8 Å². The maximum atomic E-state index is 10.2. The van der Waals surface area contributed by atoms with Gasteiger partial charge in [0.15, 0.2) is 0 Å². The predicted molar refractivity (Wildman–Crippen MR) is 76.9 cm³/mol. The van der Waals surface area contributed by atoms with Crippen molar-refractivity contribution in [1.29, 1.82) is 0 Å². The smallest absolute Gasteiger partial charge is 0.0933 e. The van der Waals surface area contributed by atoms with Gasteiger partial charge >= 0.3 is 0 Å². The van der Waals surface area contributed by atoms with Gasteiger partial charge in [-0.3, -0.25) is 0 Å². The number of rotatable bonds is 3. The summed E-state index contributed by atoms with van der Waals surface area (Å²) in [7, 11) is 0. The van der Waals surface area contributed by atoms with Gasteiger partial charge in [-0.25, -0.2) is 0 Å². The molecule has 0 saturated carbocycles. The van der Waals surface area contributed by atoms with Crippen LogP contribution in [0, 0.1) is 6.92 Å². The second-order valence-corrected chi connectivity index (χ2v) is 6.49. The predicted octanol–water partition coefficient (Wildman–Crippen LogP) is 4.75. The van der Waals surface area contributed by atoms with E-state index in [1.54, 1.807) is 11.3 Å². The van der Waals surface area contributed by atoms with Crippen molar-refractivity contribution < 1.29 is 5.11 Å². The van der Waals surface area contributed by atoms with Crippen LogP contribution in [0.1, 0.15) is 21.4 Å². The van der Waals surface area contributed by atoms with Gasteiger partial charge in [-0.2, -0.15) is 0 Å². The highest BCUT2D eigenvalue weighted by Crippen LogP contribution is 2.33. The van der Waals surface area contributed by atoms with Crippen LogP contribution in [-0.2, 0) is 6.42 Å². The molecule has 1 heterocycles. The summed E-state index contributed by atoms with van der Waals surface area (Å²) in [6, 6.07) is 9.61. The minimum Gasteiger partial charge on any atom is -0.387 e. The van der Waals surface area contributed by atoms with E-state index in [-0.39, 0.29) is 0 Å². The van der Waals surface area contributed by atoms with Crippen LogP contribution < -0.4 is 0 Å². The highest BCUT2D eigenvalue weighted by Gasteiger charge is 2.14. The van der Waals surface area contributed by atoms with Crippen LogP contribution in [0.2, 0.25) is 5.02 Å². The average molecular weight is 332 g/mol. The Morgan fingerprint density at radius 2 is 2.00 bits per heavy atom. The lowest BCUT2D eigenvalue weighted by Crippen LogP contribution is -2.00. The van der Waals surface area contributed by atoms with Crippen molar-refractivity contribution in [3.8, 4) is 0 Å². The first kappa shape index (κ1) is 13.1. The fraction of sp³-hybridized carbons (Fsp3) is 0.231. The van der Waals surface area contributed by atoms with Gasteiger partial charge in [-0.1, -0.05) is 23.7 Å². The largest absolute Gasteiger partial charge is 0.387 e. The molecule has 0 radical (unpaired) electrons. The van der Waals surface area contributed by atoms with Gasteiger partial charge in [0.1, 0.15) is 0 Å². The Kier molecular flexibility index (Phi) is 4.26. The summed E-state index contributed by atoms with van der Waals surface area (Å²) >= 11 is 10.9. The van der Waals surface area contributed by atoms with Crippen LogP contribution in [-0.4, -0.2) is 5.11 Å². The van der Waals surface area contributed by atoms with Gasteiger partial charge in [0.25, 0.3) is 0 Å². The maximum absolute atomic E-state index is 10.2. The van der Waals surface area contributed by atoms with Gasteiger partial charge in [0, 0.05) is 25.7 Å². The number of aliphatic hydroxyl groups excluding tert-OH is 1. The van der Waals surface area contributed by atoms with E-state index in [1.807, 2.05) is 37.3 Å². The molecule has 4 heteroatoms. The summed E-state index contributed by atoms with van der Waals surface area (Å²) in [5.41, 5.74) is 1.08. The molecule has 0 aliphatic carbocycles. The van der Waals surface area contributed by atoms with Gasteiger partial charge in [-0.05, 0) is 46.6 Å². The molecule has 1 aromatic heterocycles. The SMILES string of the molecule is Cc1cc(Br)c(C(O)Cc2ccc(Cl)cc2)s1. The summed E-state index contributed by atoms with van der Waals surface area (Å²) in [6.45, 7) is 2.04. The van der Waals surface area contributed by atoms with E-state index in [2.05, 4.69) is 15.9 Å². The Morgan fingerprint density at radius 3 is 2.53 bits per heavy atom. The van der Waals surface area contributed by atoms with Gasteiger partial charge in [0.2, 0.25) is 0 Å². The van der Waals surface area contributed by atoms with Crippen LogP contribution in [0.25, 0.3) is 0 Å². The van der Waals surface area contributed by atoms with Crippen molar-refractivity contribution in [1.82, 2.24) is 0 Å². The average Bonchev–Trinajstić information content (AvgIpc) is 2.61. The molecule has 2 rings (SSSR count). The molecule has 0 saturated heterocycles. The number of aryl methyl sites for hydroxylation is 1. The van der Waals surface area contributed by atoms with E-state index < -0.39 is 6.10 Å². The Labute approximate surface area is 118 Å². The summed E-state index contributed by atoms with van der Waals surface area (Å²) in [5, 5.41) is 10.9. The molecule has 1 atom stereocenters. The molecule has 1 N–H and O–H groups in total. The fourth-order valence-corrected chi connectivity index (χ4v) is 3.69. The first-order valence-electron chi connectivity index (χ1n) is 5.24. The lowest BCUT2D eigenvalue weighted by Gasteiger charge is -2.09. The van der Waals surface area contributed by atoms with Crippen molar-refractivity contribution in [3.63, 3.8) is 0 Å². The topological polar surface area (TPSA) is 20.2 Å². The van der Waals surface area contributed by atoms with Gasteiger partial charge in [0.05, 0.1) is 6.10 Å². The Balaban J connectivity index is 2.14. The molecule has 0 fully saturated rings. The van der Waals surface area contributed by atoms with E-state index in [0.717, 1.165) is 19.9 Å². The van der Waals surface area contributed by atoms with Crippen molar-refractivity contribution in [2.24, 2.45) is 0 Å². The second kappa shape index (κ2) is 5.53. The second-order valence-electron chi connectivity index (χ2n) is 3.92. The summed E-state index contributed by atoms with van der Waals surface area (Å²) in [4.78, 5) is 2.18. The molecule has 1 unspecified atom stereocenters. The molecule has 0 aliphatic heterocycles. The van der Waals surface area contributed by atoms with E-state index >= 15 is 0 Å². The standard InChI is InChI=1S/C13H12BrClOS/c1-8-6-11(14)13(17-8)12(16)7-9-2-4-10(15)5-3-9/h2-6,12,16H,7H2,1H3. The summed E-state index contributed by atoms with van der Waals surface area (Å²) in [5.74, 6) is 0. The minimum atomic E-state index is -0.468. The molecule has 17 heavy (non-hydrogen) atoms. The molecule has 1 aromatic carbocycles. The van der Waals surface area contributed by atoms with Gasteiger partial charge < -0.3 is 5.11 Å². The Hall–Kier alpha value is -0.350. The lowest BCUT2D eigenvalue weighted by molar-refractivity contribution is 0.181. The third kappa shape index (κ3) is 3.32. The molecule has 1 nitrogen and oxygen atoms in total. The maximum Gasteiger partial charge on any atom is 0.0933 e. The van der Waals surface area contributed by atoms with Crippen LogP contribution >= 0.6 is 38.9 Å². The van der Waals surface area contributed by atoms with Crippen LogP contribution in [0.4, 0.5) is 0 Å². The summed E-state index contributed by atoms with van der Waals surface area (Å²) < 4.78 is 0.987. The molecule has 0 spiro atoms. The Morgan fingerprint density at radius 1 is 1.35 bits per heavy atom. The van der Waals surface area contributed by atoms with E-state index in [9.17, 15) is 5.11 Å². The van der Waals surface area contributed by atoms with Crippen molar-refractivity contribution >= 4 is 38.9 Å². The Bertz CT molecular complexity index is 507. The molecule has 0 aliphatic rings. The first-order chi connectivity index (χ1) is 8.06. The number of thiophene rings is 1. The monoisotopic (exact) mass is 330 g/mol. The normalized spacial score (nSPS) is 12.7. The van der Waals surface area contributed by atoms with Crippen molar-refractivity contribution in [2.45, 2.75) is 19.4 Å². The molecular weight excluding hydrogens is 320 g/mol. The number of benzene rings is 1. The van der Waals surface area contributed by atoms with Crippen LogP contribution in [0.5, 0.6) is 0 Å².